The minimum atomic E-state index is -0.641. The number of nitrogens with two attached hydrogens (primary N) is 1. The first-order valence-electron chi connectivity index (χ1n) is 5.21. The molecule has 2 rings (SSSR count). The van der Waals surface area contributed by atoms with Crippen molar-refractivity contribution in [2.75, 3.05) is 6.54 Å². The fourth-order valence-corrected chi connectivity index (χ4v) is 1.60. The van der Waals surface area contributed by atoms with Gasteiger partial charge < -0.3 is 10.8 Å². The molecule has 1 unspecified atom stereocenters. The second kappa shape index (κ2) is 4.47. The van der Waals surface area contributed by atoms with Crippen molar-refractivity contribution in [3.8, 4) is 5.69 Å². The first-order chi connectivity index (χ1) is 7.72. The Morgan fingerprint density at radius 3 is 2.88 bits per heavy atom. The van der Waals surface area contributed by atoms with Crippen LogP contribution in [0.3, 0.4) is 0 Å². The van der Waals surface area contributed by atoms with Crippen molar-refractivity contribution in [3.05, 3.63) is 47.8 Å². The predicted molar refractivity (Wildman–Crippen MR) is 62.3 cm³/mol. The van der Waals surface area contributed by atoms with Crippen molar-refractivity contribution in [2.45, 2.75) is 13.0 Å². The summed E-state index contributed by atoms with van der Waals surface area (Å²) >= 11 is 0. The van der Waals surface area contributed by atoms with Crippen LogP contribution in [0.1, 0.15) is 17.2 Å². The molecule has 0 amide bonds. The minimum absolute atomic E-state index is 0.208. The number of aromatic nitrogens is 2. The maximum absolute atomic E-state index is 9.58. The van der Waals surface area contributed by atoms with Crippen LogP contribution in [0.5, 0.6) is 0 Å². The highest BCUT2D eigenvalue weighted by Crippen LogP contribution is 2.16. The fraction of sp³-hybridized carbons (Fsp3) is 0.250. The van der Waals surface area contributed by atoms with Crippen LogP contribution in [-0.4, -0.2) is 21.4 Å². The molecule has 84 valence electrons. The van der Waals surface area contributed by atoms with E-state index < -0.39 is 6.10 Å². The molecule has 0 fully saturated rings. The molecule has 0 saturated carbocycles. The van der Waals surface area contributed by atoms with E-state index in [1.54, 1.807) is 17.1 Å². The van der Waals surface area contributed by atoms with E-state index in [1.807, 2.05) is 31.2 Å². The van der Waals surface area contributed by atoms with Crippen molar-refractivity contribution in [3.63, 3.8) is 0 Å². The van der Waals surface area contributed by atoms with Crippen molar-refractivity contribution < 1.29 is 5.11 Å². The van der Waals surface area contributed by atoms with Crippen molar-refractivity contribution >= 4 is 0 Å². The summed E-state index contributed by atoms with van der Waals surface area (Å²) in [5.41, 5.74) is 8.29. The van der Waals surface area contributed by atoms with Crippen molar-refractivity contribution in [2.24, 2.45) is 5.73 Å². The van der Waals surface area contributed by atoms with Gasteiger partial charge in [-0.05, 0) is 18.6 Å². The minimum Gasteiger partial charge on any atom is -0.387 e. The molecule has 1 atom stereocenters. The van der Waals surface area contributed by atoms with Gasteiger partial charge in [0.05, 0.1) is 18.0 Å². The number of aliphatic hydroxyl groups excluding tert-OH is 1. The van der Waals surface area contributed by atoms with Gasteiger partial charge >= 0.3 is 0 Å². The SMILES string of the molecule is Cc1ccccc1-n1cc(C(O)CN)cn1. The number of rotatable bonds is 3. The third-order valence-electron chi connectivity index (χ3n) is 2.57. The summed E-state index contributed by atoms with van der Waals surface area (Å²) < 4.78 is 1.75. The molecule has 4 nitrogen and oxygen atoms in total. The molecule has 0 saturated heterocycles. The van der Waals surface area contributed by atoms with Crippen molar-refractivity contribution in [1.82, 2.24) is 9.78 Å². The third-order valence-corrected chi connectivity index (χ3v) is 2.57. The van der Waals surface area contributed by atoms with Gasteiger partial charge in [-0.2, -0.15) is 5.10 Å². The van der Waals surface area contributed by atoms with Crippen LogP contribution < -0.4 is 5.73 Å². The number of nitrogens with zero attached hydrogens (tertiary/aromatic N) is 2. The zero-order chi connectivity index (χ0) is 11.5. The largest absolute Gasteiger partial charge is 0.387 e. The molecule has 0 radical (unpaired) electrons. The summed E-state index contributed by atoms with van der Waals surface area (Å²) in [6.45, 7) is 2.23. The van der Waals surface area contributed by atoms with Gasteiger partial charge in [0, 0.05) is 18.3 Å². The molecule has 1 heterocycles. The first kappa shape index (κ1) is 10.9. The van der Waals surface area contributed by atoms with E-state index in [1.165, 1.54) is 0 Å². The molecule has 0 aliphatic carbocycles. The van der Waals surface area contributed by atoms with Gasteiger partial charge in [0.25, 0.3) is 0 Å². The molecule has 16 heavy (non-hydrogen) atoms. The van der Waals surface area contributed by atoms with E-state index in [2.05, 4.69) is 5.10 Å². The Morgan fingerprint density at radius 1 is 1.44 bits per heavy atom. The number of hydrogen-bond donors (Lipinski definition) is 2. The number of aliphatic hydroxyl groups is 1. The summed E-state index contributed by atoms with van der Waals surface area (Å²) in [7, 11) is 0. The highest BCUT2D eigenvalue weighted by Gasteiger charge is 2.09. The topological polar surface area (TPSA) is 64.1 Å². The normalized spacial score (nSPS) is 12.7. The van der Waals surface area contributed by atoms with Gasteiger partial charge in [-0.25, -0.2) is 4.68 Å². The van der Waals surface area contributed by atoms with E-state index in [0.717, 1.165) is 16.8 Å². The first-order valence-corrected chi connectivity index (χ1v) is 5.21. The molecule has 2 aromatic rings. The van der Waals surface area contributed by atoms with Crippen LogP contribution in [0.4, 0.5) is 0 Å². The molecule has 4 heteroatoms. The Labute approximate surface area is 94.3 Å². The Bertz CT molecular complexity index is 479. The highest BCUT2D eigenvalue weighted by molar-refractivity contribution is 5.39. The molecule has 0 aliphatic heterocycles. The van der Waals surface area contributed by atoms with Crippen LogP contribution >= 0.6 is 0 Å². The van der Waals surface area contributed by atoms with Crippen LogP contribution in [0, 0.1) is 6.92 Å². The predicted octanol–water partition coefficient (Wildman–Crippen LogP) is 1.17. The zero-order valence-electron chi connectivity index (χ0n) is 9.17. The summed E-state index contributed by atoms with van der Waals surface area (Å²) in [4.78, 5) is 0. The summed E-state index contributed by atoms with van der Waals surface area (Å²) in [5.74, 6) is 0. The average molecular weight is 217 g/mol. The smallest absolute Gasteiger partial charge is 0.0942 e. The van der Waals surface area contributed by atoms with Crippen LogP contribution in [-0.2, 0) is 0 Å². The van der Waals surface area contributed by atoms with E-state index in [0.29, 0.717) is 0 Å². The molecule has 1 aromatic carbocycles. The molecular formula is C12H15N3O. The van der Waals surface area contributed by atoms with Gasteiger partial charge in [0.1, 0.15) is 0 Å². The maximum Gasteiger partial charge on any atom is 0.0942 e. The van der Waals surface area contributed by atoms with Gasteiger partial charge in [-0.15, -0.1) is 0 Å². The molecule has 3 N–H and O–H groups in total. The molecular weight excluding hydrogens is 202 g/mol. The van der Waals surface area contributed by atoms with Crippen LogP contribution in [0.2, 0.25) is 0 Å². The molecule has 0 aliphatic rings. The van der Waals surface area contributed by atoms with Gasteiger partial charge in [-0.1, -0.05) is 18.2 Å². The number of para-hydroxylation sites is 1. The number of hydrogen-bond acceptors (Lipinski definition) is 3. The lowest BCUT2D eigenvalue weighted by atomic mass is 10.2. The van der Waals surface area contributed by atoms with Crippen LogP contribution in [0.15, 0.2) is 36.7 Å². The van der Waals surface area contributed by atoms with Crippen LogP contribution in [0.25, 0.3) is 5.69 Å². The second-order valence-electron chi connectivity index (χ2n) is 3.76. The standard InChI is InChI=1S/C12H15N3O/c1-9-4-2-3-5-11(9)15-8-10(7-14-15)12(16)6-13/h2-5,7-8,12,16H,6,13H2,1H3. The lowest BCUT2D eigenvalue weighted by Gasteiger charge is -2.05. The average Bonchev–Trinajstić information content (AvgIpc) is 2.78. The Hall–Kier alpha value is -1.65. The monoisotopic (exact) mass is 217 g/mol. The van der Waals surface area contributed by atoms with Gasteiger partial charge in [-0.3, -0.25) is 0 Å². The second-order valence-corrected chi connectivity index (χ2v) is 3.76. The molecule has 0 spiro atoms. The third kappa shape index (κ3) is 1.98. The quantitative estimate of drug-likeness (QED) is 0.811. The fourth-order valence-electron chi connectivity index (χ4n) is 1.60. The van der Waals surface area contributed by atoms with E-state index in [9.17, 15) is 5.11 Å². The summed E-state index contributed by atoms with van der Waals surface area (Å²) in [5, 5.41) is 13.8. The Kier molecular flexibility index (Phi) is 3.03. The molecule has 1 aromatic heterocycles. The van der Waals surface area contributed by atoms with E-state index in [4.69, 9.17) is 5.73 Å². The zero-order valence-corrected chi connectivity index (χ0v) is 9.17. The van der Waals surface area contributed by atoms with Gasteiger partial charge in [0.2, 0.25) is 0 Å². The number of aryl methyl sites for hydroxylation is 1. The Balaban J connectivity index is 2.35. The van der Waals surface area contributed by atoms with E-state index >= 15 is 0 Å². The van der Waals surface area contributed by atoms with Gasteiger partial charge in [0.15, 0.2) is 0 Å². The van der Waals surface area contributed by atoms with Crippen molar-refractivity contribution in [1.29, 1.82) is 0 Å². The maximum atomic E-state index is 9.58. The summed E-state index contributed by atoms with van der Waals surface area (Å²) in [6, 6.07) is 7.96. The summed E-state index contributed by atoms with van der Waals surface area (Å²) in [6.07, 6.45) is 2.81. The Morgan fingerprint density at radius 2 is 2.19 bits per heavy atom. The van der Waals surface area contributed by atoms with E-state index in [-0.39, 0.29) is 6.54 Å². The lowest BCUT2D eigenvalue weighted by Crippen LogP contribution is -2.10. The highest BCUT2D eigenvalue weighted by atomic mass is 16.3. The number of benzene rings is 1. The lowest BCUT2D eigenvalue weighted by molar-refractivity contribution is 0.186. The molecule has 0 bridgehead atoms.